The van der Waals surface area contributed by atoms with Crippen LogP contribution in [0.25, 0.3) is 0 Å². The summed E-state index contributed by atoms with van der Waals surface area (Å²) in [7, 11) is 0. The Morgan fingerprint density at radius 1 is 1.58 bits per heavy atom. The SMILES string of the molecule is Cc1cccc(C(=O)NC2(CCl)CCCC(C)C2)n1. The van der Waals surface area contributed by atoms with Crippen molar-refractivity contribution in [2.24, 2.45) is 5.92 Å². The van der Waals surface area contributed by atoms with E-state index in [-0.39, 0.29) is 11.4 Å². The number of aryl methyl sites for hydroxylation is 1. The van der Waals surface area contributed by atoms with Crippen LogP contribution >= 0.6 is 11.6 Å². The van der Waals surface area contributed by atoms with E-state index in [1.54, 1.807) is 6.07 Å². The van der Waals surface area contributed by atoms with E-state index in [0.717, 1.165) is 25.0 Å². The number of pyridine rings is 1. The van der Waals surface area contributed by atoms with E-state index in [2.05, 4.69) is 17.2 Å². The van der Waals surface area contributed by atoms with Crippen LogP contribution in [0.3, 0.4) is 0 Å². The van der Waals surface area contributed by atoms with Crippen molar-refractivity contribution in [3.63, 3.8) is 0 Å². The van der Waals surface area contributed by atoms with Crippen molar-refractivity contribution in [1.82, 2.24) is 10.3 Å². The molecule has 1 N–H and O–H groups in total. The minimum absolute atomic E-state index is 0.113. The van der Waals surface area contributed by atoms with Crippen LogP contribution in [0.2, 0.25) is 0 Å². The van der Waals surface area contributed by atoms with Crippen LogP contribution in [0.15, 0.2) is 18.2 Å². The third-order valence-electron chi connectivity index (χ3n) is 3.85. The average Bonchev–Trinajstić information content (AvgIpc) is 2.38. The van der Waals surface area contributed by atoms with Gasteiger partial charge in [-0.25, -0.2) is 4.98 Å². The first-order valence-electron chi connectivity index (χ1n) is 6.87. The van der Waals surface area contributed by atoms with E-state index in [1.165, 1.54) is 6.42 Å². The molecule has 4 heteroatoms. The van der Waals surface area contributed by atoms with Crippen molar-refractivity contribution in [2.75, 3.05) is 5.88 Å². The van der Waals surface area contributed by atoms with Crippen LogP contribution in [-0.4, -0.2) is 22.3 Å². The summed E-state index contributed by atoms with van der Waals surface area (Å²) in [4.78, 5) is 16.6. The Labute approximate surface area is 119 Å². The van der Waals surface area contributed by atoms with E-state index in [4.69, 9.17) is 11.6 Å². The van der Waals surface area contributed by atoms with E-state index in [9.17, 15) is 4.79 Å². The van der Waals surface area contributed by atoms with Crippen LogP contribution in [-0.2, 0) is 0 Å². The van der Waals surface area contributed by atoms with Gasteiger partial charge in [-0.1, -0.05) is 25.8 Å². The molecule has 0 bridgehead atoms. The third-order valence-corrected chi connectivity index (χ3v) is 4.36. The lowest BCUT2D eigenvalue weighted by atomic mass is 9.77. The van der Waals surface area contributed by atoms with Crippen molar-refractivity contribution in [3.05, 3.63) is 29.6 Å². The van der Waals surface area contributed by atoms with Crippen LogP contribution < -0.4 is 5.32 Å². The lowest BCUT2D eigenvalue weighted by Crippen LogP contribution is -2.52. The molecule has 19 heavy (non-hydrogen) atoms. The van der Waals surface area contributed by atoms with Gasteiger partial charge in [0.05, 0.1) is 5.54 Å². The minimum Gasteiger partial charge on any atom is -0.344 e. The van der Waals surface area contributed by atoms with Crippen LogP contribution in [0, 0.1) is 12.8 Å². The topological polar surface area (TPSA) is 42.0 Å². The largest absolute Gasteiger partial charge is 0.344 e. The van der Waals surface area contributed by atoms with Crippen molar-refractivity contribution < 1.29 is 4.79 Å². The summed E-state index contributed by atoms with van der Waals surface area (Å²) in [6.45, 7) is 4.11. The molecule has 1 amide bonds. The second-order valence-electron chi connectivity index (χ2n) is 5.73. The Morgan fingerprint density at radius 3 is 3.00 bits per heavy atom. The highest BCUT2D eigenvalue weighted by Gasteiger charge is 2.35. The first-order valence-corrected chi connectivity index (χ1v) is 7.40. The second-order valence-corrected chi connectivity index (χ2v) is 6.00. The number of amides is 1. The summed E-state index contributed by atoms with van der Waals surface area (Å²) >= 11 is 6.13. The lowest BCUT2D eigenvalue weighted by Gasteiger charge is -2.39. The van der Waals surface area contributed by atoms with Gasteiger partial charge < -0.3 is 5.32 Å². The molecule has 1 saturated carbocycles. The zero-order valence-corrected chi connectivity index (χ0v) is 12.3. The summed E-state index contributed by atoms with van der Waals surface area (Å²) in [6.07, 6.45) is 4.25. The van der Waals surface area contributed by atoms with Gasteiger partial charge in [0.25, 0.3) is 5.91 Å². The van der Waals surface area contributed by atoms with Crippen molar-refractivity contribution in [1.29, 1.82) is 0 Å². The zero-order chi connectivity index (χ0) is 13.9. The molecular weight excluding hydrogens is 260 g/mol. The maximum absolute atomic E-state index is 12.3. The highest BCUT2D eigenvalue weighted by Crippen LogP contribution is 2.33. The number of hydrogen-bond donors (Lipinski definition) is 1. The lowest BCUT2D eigenvalue weighted by molar-refractivity contribution is 0.0862. The molecule has 0 spiro atoms. The molecule has 1 heterocycles. The fourth-order valence-electron chi connectivity index (χ4n) is 2.90. The molecule has 0 radical (unpaired) electrons. The molecule has 0 aromatic carbocycles. The Balaban J connectivity index is 2.12. The Kier molecular flexibility index (Phi) is 4.46. The molecule has 2 rings (SSSR count). The number of aromatic nitrogens is 1. The number of nitrogens with zero attached hydrogens (tertiary/aromatic N) is 1. The number of hydrogen-bond acceptors (Lipinski definition) is 2. The molecule has 2 unspecified atom stereocenters. The van der Waals surface area contributed by atoms with Gasteiger partial charge in [0.2, 0.25) is 0 Å². The summed E-state index contributed by atoms with van der Waals surface area (Å²) < 4.78 is 0. The Morgan fingerprint density at radius 2 is 2.37 bits per heavy atom. The second kappa shape index (κ2) is 5.91. The molecule has 0 saturated heterocycles. The molecule has 1 fully saturated rings. The van der Waals surface area contributed by atoms with Gasteiger partial charge in [-0.05, 0) is 37.8 Å². The fraction of sp³-hybridized carbons (Fsp3) is 0.600. The molecule has 1 aromatic rings. The van der Waals surface area contributed by atoms with Crippen molar-refractivity contribution >= 4 is 17.5 Å². The van der Waals surface area contributed by atoms with Gasteiger partial charge in [0.15, 0.2) is 0 Å². The monoisotopic (exact) mass is 280 g/mol. The molecular formula is C15H21ClN2O. The van der Waals surface area contributed by atoms with Gasteiger partial charge >= 0.3 is 0 Å². The quantitative estimate of drug-likeness (QED) is 0.863. The van der Waals surface area contributed by atoms with E-state index >= 15 is 0 Å². The maximum Gasteiger partial charge on any atom is 0.270 e. The van der Waals surface area contributed by atoms with E-state index in [0.29, 0.717) is 17.5 Å². The fourth-order valence-corrected chi connectivity index (χ4v) is 3.21. The van der Waals surface area contributed by atoms with Gasteiger partial charge in [-0.2, -0.15) is 0 Å². The van der Waals surface area contributed by atoms with Gasteiger partial charge in [-0.15, -0.1) is 11.6 Å². The standard InChI is InChI=1S/C15H21ClN2O/c1-11-5-4-8-15(9-11,10-16)18-14(19)13-7-3-6-12(2)17-13/h3,6-7,11H,4-5,8-10H2,1-2H3,(H,18,19). The highest BCUT2D eigenvalue weighted by molar-refractivity contribution is 6.19. The molecule has 2 atom stereocenters. The predicted molar refractivity (Wildman–Crippen MR) is 77.5 cm³/mol. The number of rotatable bonds is 3. The van der Waals surface area contributed by atoms with Gasteiger partial charge in [0.1, 0.15) is 5.69 Å². The molecule has 1 aliphatic carbocycles. The van der Waals surface area contributed by atoms with Gasteiger partial charge in [-0.3, -0.25) is 4.79 Å². The maximum atomic E-state index is 12.3. The number of alkyl halides is 1. The average molecular weight is 281 g/mol. The van der Waals surface area contributed by atoms with Crippen LogP contribution in [0.1, 0.15) is 48.8 Å². The van der Waals surface area contributed by atoms with E-state index < -0.39 is 0 Å². The van der Waals surface area contributed by atoms with Crippen molar-refractivity contribution in [3.8, 4) is 0 Å². The highest BCUT2D eigenvalue weighted by atomic mass is 35.5. The Hall–Kier alpha value is -1.09. The predicted octanol–water partition coefficient (Wildman–Crippen LogP) is 3.31. The summed E-state index contributed by atoms with van der Waals surface area (Å²) in [5.41, 5.74) is 1.06. The molecule has 1 aromatic heterocycles. The van der Waals surface area contributed by atoms with Gasteiger partial charge in [0, 0.05) is 11.6 Å². The minimum atomic E-state index is -0.262. The van der Waals surface area contributed by atoms with Crippen LogP contribution in [0.5, 0.6) is 0 Å². The number of nitrogens with one attached hydrogen (secondary N) is 1. The van der Waals surface area contributed by atoms with Crippen molar-refractivity contribution in [2.45, 2.75) is 45.1 Å². The normalized spacial score (nSPS) is 27.0. The van der Waals surface area contributed by atoms with E-state index in [1.807, 2.05) is 19.1 Å². The molecule has 1 aliphatic rings. The zero-order valence-electron chi connectivity index (χ0n) is 11.6. The number of carbonyl (C=O) groups is 1. The summed E-state index contributed by atoms with van der Waals surface area (Å²) in [5.74, 6) is 0.964. The Bertz CT molecular complexity index is 463. The summed E-state index contributed by atoms with van der Waals surface area (Å²) in [6, 6.07) is 5.49. The number of halogens is 1. The molecule has 104 valence electrons. The number of carbonyl (C=O) groups excluding carboxylic acids is 1. The summed E-state index contributed by atoms with van der Waals surface area (Å²) in [5, 5.41) is 3.12. The third kappa shape index (κ3) is 3.47. The molecule has 3 nitrogen and oxygen atoms in total. The van der Waals surface area contributed by atoms with Crippen LogP contribution in [0.4, 0.5) is 0 Å². The first kappa shape index (κ1) is 14.3. The first-order chi connectivity index (χ1) is 9.04. The smallest absolute Gasteiger partial charge is 0.270 e. The molecule has 0 aliphatic heterocycles.